The number of alkyl carbamates (subject to hydrolysis) is 1. The molecule has 0 spiro atoms. The van der Waals surface area contributed by atoms with Crippen molar-refractivity contribution in [3.8, 4) is 0 Å². The summed E-state index contributed by atoms with van der Waals surface area (Å²) in [6.07, 6.45) is 0.490. The van der Waals surface area contributed by atoms with Gasteiger partial charge < -0.3 is 14.8 Å². The molecule has 0 aromatic carbocycles. The molecule has 5 heteroatoms. The summed E-state index contributed by atoms with van der Waals surface area (Å²) in [6.45, 7) is 3.28. The Morgan fingerprint density at radius 3 is 2.58 bits per heavy atom. The predicted molar refractivity (Wildman–Crippen MR) is 43.7 cm³/mol. The number of rotatable bonds is 4. The minimum Gasteiger partial charge on any atom is -0.459 e. The molecule has 0 bridgehead atoms. The Morgan fingerprint density at radius 1 is 1.50 bits per heavy atom. The predicted octanol–water partition coefficient (Wildman–Crippen LogP) is 0.318. The molecule has 1 amide bonds. The van der Waals surface area contributed by atoms with E-state index < -0.39 is 12.1 Å². The normalized spacial score (nSPS) is 8.42. The van der Waals surface area contributed by atoms with Crippen LogP contribution in [-0.2, 0) is 14.3 Å². The lowest BCUT2D eigenvalue weighted by molar-refractivity contribution is -0.138. The van der Waals surface area contributed by atoms with Crippen LogP contribution in [0.1, 0.15) is 1.43 Å². The number of amides is 1. The summed E-state index contributed by atoms with van der Waals surface area (Å²) >= 11 is 0. The van der Waals surface area contributed by atoms with E-state index in [1.807, 2.05) is 0 Å². The van der Waals surface area contributed by atoms with Crippen molar-refractivity contribution < 1.29 is 20.5 Å². The second kappa shape index (κ2) is 6.21. The van der Waals surface area contributed by atoms with Crippen molar-refractivity contribution in [3.63, 3.8) is 0 Å². The highest BCUT2D eigenvalue weighted by molar-refractivity contribution is 5.81. The van der Waals surface area contributed by atoms with Gasteiger partial charge in [0.25, 0.3) is 0 Å². The number of hydrogen-bond donors (Lipinski definition) is 1. The van der Waals surface area contributed by atoms with E-state index in [9.17, 15) is 9.59 Å². The minimum atomic E-state index is -0.551. The van der Waals surface area contributed by atoms with Crippen molar-refractivity contribution in [3.05, 3.63) is 12.7 Å². The Morgan fingerprint density at radius 2 is 2.08 bits per heavy atom. The Hall–Kier alpha value is -1.52. The van der Waals surface area contributed by atoms with Crippen molar-refractivity contribution in [2.24, 2.45) is 0 Å². The molecule has 5 nitrogen and oxygen atoms in total. The van der Waals surface area contributed by atoms with Crippen LogP contribution in [0.2, 0.25) is 0 Å². The summed E-state index contributed by atoms with van der Waals surface area (Å²) in [5.41, 5.74) is 0. The third kappa shape index (κ3) is 5.28. The number of hydrogen-bond acceptors (Lipinski definition) is 4. The van der Waals surface area contributed by atoms with Gasteiger partial charge in [-0.05, 0) is 0 Å². The quantitative estimate of drug-likeness (QED) is 0.379. The molecule has 70 valence electrons. The summed E-state index contributed by atoms with van der Waals surface area (Å²) in [7, 11) is 1.44. The molecule has 0 aromatic heterocycles. The summed E-state index contributed by atoms with van der Waals surface area (Å²) in [6, 6.07) is 0. The molecule has 0 rings (SSSR count). The molecule has 0 atom stereocenters. The molecule has 12 heavy (non-hydrogen) atoms. The maximum absolute atomic E-state index is 10.4. The molecule has 0 unspecified atom stereocenters. The smallest absolute Gasteiger partial charge is 0.406 e. The first kappa shape index (κ1) is 10.5. The standard InChI is InChI=1S/C7H11NO4.H2/c1-3-6(9)11-4-5-12-7(10)8-2;/h3H,1,4-5H2,2H3,(H,8,10);1H. The fourth-order valence-electron chi connectivity index (χ4n) is 0.408. The van der Waals surface area contributed by atoms with Crippen LogP contribution in [0.25, 0.3) is 0 Å². The van der Waals surface area contributed by atoms with Crippen LogP contribution in [0, 0.1) is 0 Å². The maximum Gasteiger partial charge on any atom is 0.406 e. The van der Waals surface area contributed by atoms with Gasteiger partial charge in [0, 0.05) is 14.6 Å². The van der Waals surface area contributed by atoms with Gasteiger partial charge in [0.15, 0.2) is 0 Å². The lowest BCUT2D eigenvalue weighted by atomic mass is 10.6. The number of esters is 1. The van der Waals surface area contributed by atoms with Gasteiger partial charge in [-0.3, -0.25) is 0 Å². The molecule has 0 saturated heterocycles. The molecule has 0 aliphatic heterocycles. The van der Waals surface area contributed by atoms with Gasteiger partial charge in [-0.25, -0.2) is 9.59 Å². The van der Waals surface area contributed by atoms with E-state index in [0.29, 0.717) is 0 Å². The average molecular weight is 175 g/mol. The minimum absolute atomic E-state index is 0. The molecular weight excluding hydrogens is 162 g/mol. The first-order valence-corrected chi connectivity index (χ1v) is 3.34. The Kier molecular flexibility index (Phi) is 5.42. The molecule has 0 radical (unpaired) electrons. The van der Waals surface area contributed by atoms with Crippen LogP contribution in [0.15, 0.2) is 12.7 Å². The van der Waals surface area contributed by atoms with Gasteiger partial charge in [-0.2, -0.15) is 0 Å². The second-order valence-electron chi connectivity index (χ2n) is 1.76. The summed E-state index contributed by atoms with van der Waals surface area (Å²) < 4.78 is 9.05. The van der Waals surface area contributed by atoms with E-state index in [-0.39, 0.29) is 14.6 Å². The van der Waals surface area contributed by atoms with Crippen molar-refractivity contribution in [1.82, 2.24) is 5.32 Å². The number of carbonyl (C=O) groups is 2. The fraction of sp³-hybridized carbons (Fsp3) is 0.429. The van der Waals surface area contributed by atoms with Crippen molar-refractivity contribution in [1.29, 1.82) is 0 Å². The van der Waals surface area contributed by atoms with E-state index in [0.717, 1.165) is 6.08 Å². The maximum atomic E-state index is 10.4. The Balaban J connectivity index is 0. The highest BCUT2D eigenvalue weighted by atomic mass is 16.6. The van der Waals surface area contributed by atoms with Crippen LogP contribution in [0.5, 0.6) is 0 Å². The van der Waals surface area contributed by atoms with Crippen LogP contribution in [-0.4, -0.2) is 32.3 Å². The van der Waals surface area contributed by atoms with Gasteiger partial charge in [0.2, 0.25) is 0 Å². The number of ether oxygens (including phenoxy) is 2. The third-order valence-corrected chi connectivity index (χ3v) is 0.932. The molecule has 0 aliphatic rings. The highest BCUT2D eigenvalue weighted by Crippen LogP contribution is 1.81. The summed E-state index contributed by atoms with van der Waals surface area (Å²) in [5.74, 6) is -0.532. The van der Waals surface area contributed by atoms with E-state index in [4.69, 9.17) is 0 Å². The molecule has 0 heterocycles. The van der Waals surface area contributed by atoms with Crippen LogP contribution in [0.3, 0.4) is 0 Å². The zero-order chi connectivity index (χ0) is 9.40. The number of carbonyl (C=O) groups excluding carboxylic acids is 2. The van der Waals surface area contributed by atoms with Gasteiger partial charge in [0.1, 0.15) is 13.2 Å². The monoisotopic (exact) mass is 175 g/mol. The molecule has 1 N–H and O–H groups in total. The van der Waals surface area contributed by atoms with E-state index in [1.165, 1.54) is 7.05 Å². The van der Waals surface area contributed by atoms with Crippen molar-refractivity contribution in [2.45, 2.75) is 0 Å². The Labute approximate surface area is 71.8 Å². The molecule has 0 aromatic rings. The Bertz CT molecular complexity index is 183. The zero-order valence-corrected chi connectivity index (χ0v) is 6.83. The summed E-state index contributed by atoms with van der Waals surface area (Å²) in [5, 5.41) is 2.25. The average Bonchev–Trinajstić information content (AvgIpc) is 2.11. The molecule has 0 fully saturated rings. The van der Waals surface area contributed by atoms with Gasteiger partial charge in [-0.1, -0.05) is 6.58 Å². The van der Waals surface area contributed by atoms with E-state index in [1.54, 1.807) is 0 Å². The molecule has 0 aliphatic carbocycles. The topological polar surface area (TPSA) is 64.6 Å². The van der Waals surface area contributed by atoms with Gasteiger partial charge in [-0.15, -0.1) is 0 Å². The van der Waals surface area contributed by atoms with Crippen LogP contribution in [0.4, 0.5) is 4.79 Å². The SMILES string of the molecule is C=CC(=O)OCCOC(=O)NC.[HH]. The van der Waals surface area contributed by atoms with Crippen LogP contribution >= 0.6 is 0 Å². The van der Waals surface area contributed by atoms with Crippen LogP contribution < -0.4 is 5.32 Å². The first-order chi connectivity index (χ1) is 5.70. The van der Waals surface area contributed by atoms with E-state index in [2.05, 4.69) is 21.4 Å². The van der Waals surface area contributed by atoms with E-state index >= 15 is 0 Å². The fourth-order valence-corrected chi connectivity index (χ4v) is 0.408. The number of nitrogens with one attached hydrogen (secondary N) is 1. The highest BCUT2D eigenvalue weighted by Gasteiger charge is 1.98. The van der Waals surface area contributed by atoms with Gasteiger partial charge in [0.05, 0.1) is 0 Å². The van der Waals surface area contributed by atoms with Crippen molar-refractivity contribution >= 4 is 12.1 Å². The largest absolute Gasteiger partial charge is 0.459 e. The summed E-state index contributed by atoms with van der Waals surface area (Å²) in [4.78, 5) is 20.9. The molecule has 0 saturated carbocycles. The third-order valence-electron chi connectivity index (χ3n) is 0.932. The first-order valence-electron chi connectivity index (χ1n) is 3.34. The zero-order valence-electron chi connectivity index (χ0n) is 6.83. The van der Waals surface area contributed by atoms with Gasteiger partial charge >= 0.3 is 12.1 Å². The lowest BCUT2D eigenvalue weighted by Gasteiger charge is -2.03. The second-order valence-corrected chi connectivity index (χ2v) is 1.76. The van der Waals surface area contributed by atoms with Crippen molar-refractivity contribution in [2.75, 3.05) is 20.3 Å². The lowest BCUT2D eigenvalue weighted by Crippen LogP contribution is -2.21. The molecular formula is C7H13NO4.